The van der Waals surface area contributed by atoms with Crippen LogP contribution in [0.15, 0.2) is 0 Å². The normalized spacial score (nSPS) is 25.4. The Balaban J connectivity index is 1.83. The van der Waals surface area contributed by atoms with Gasteiger partial charge in [-0.2, -0.15) is 0 Å². The van der Waals surface area contributed by atoms with Gasteiger partial charge >= 0.3 is 0 Å². The molecule has 0 aromatic heterocycles. The quantitative estimate of drug-likeness (QED) is 0.677. The van der Waals surface area contributed by atoms with Crippen LogP contribution in [0.1, 0.15) is 46.0 Å². The van der Waals surface area contributed by atoms with Crippen molar-refractivity contribution >= 4 is 5.91 Å². The molecule has 1 saturated carbocycles. The van der Waals surface area contributed by atoms with Gasteiger partial charge in [-0.3, -0.25) is 4.79 Å². The summed E-state index contributed by atoms with van der Waals surface area (Å²) < 4.78 is 0. The second-order valence-electron chi connectivity index (χ2n) is 5.03. The van der Waals surface area contributed by atoms with Crippen molar-refractivity contribution in [3.8, 4) is 0 Å². The van der Waals surface area contributed by atoms with Crippen LogP contribution >= 0.6 is 0 Å². The number of carbonyl (C=O) groups excluding carboxylic acids is 1. The summed E-state index contributed by atoms with van der Waals surface area (Å²) in [7, 11) is 0. The molecule has 2 rings (SSSR count). The summed E-state index contributed by atoms with van der Waals surface area (Å²) in [5.41, 5.74) is 0.472. The molecule has 0 aromatic carbocycles. The van der Waals surface area contributed by atoms with Gasteiger partial charge in [-0.1, -0.05) is 20.3 Å². The highest BCUT2D eigenvalue weighted by Crippen LogP contribution is 2.39. The van der Waals surface area contributed by atoms with Crippen LogP contribution in [0.3, 0.4) is 0 Å². The van der Waals surface area contributed by atoms with Crippen LogP contribution in [0.5, 0.6) is 0 Å². The van der Waals surface area contributed by atoms with E-state index >= 15 is 0 Å². The summed E-state index contributed by atoms with van der Waals surface area (Å²) in [5, 5.41) is 0. The number of rotatable bonds is 3. The van der Waals surface area contributed by atoms with Gasteiger partial charge in [0.25, 0.3) is 0 Å². The van der Waals surface area contributed by atoms with Crippen LogP contribution in [0, 0.1) is 11.3 Å². The maximum absolute atomic E-state index is 11.9. The predicted molar refractivity (Wildman–Crippen MR) is 56.9 cm³/mol. The molecule has 0 radical (unpaired) electrons. The van der Waals surface area contributed by atoms with Crippen molar-refractivity contribution < 1.29 is 4.79 Å². The molecule has 0 unspecified atom stereocenters. The minimum Gasteiger partial charge on any atom is -0.341 e. The smallest absolute Gasteiger partial charge is 0.225 e. The highest BCUT2D eigenvalue weighted by atomic mass is 16.2. The maximum atomic E-state index is 11.9. The molecule has 1 heterocycles. The fourth-order valence-electron chi connectivity index (χ4n) is 2.53. The van der Waals surface area contributed by atoms with Gasteiger partial charge in [0.1, 0.15) is 0 Å². The van der Waals surface area contributed by atoms with Crippen LogP contribution < -0.4 is 0 Å². The lowest BCUT2D eigenvalue weighted by Gasteiger charge is -2.51. The lowest BCUT2D eigenvalue weighted by atomic mass is 9.73. The van der Waals surface area contributed by atoms with E-state index < -0.39 is 0 Å². The summed E-state index contributed by atoms with van der Waals surface area (Å²) in [6.45, 7) is 6.54. The van der Waals surface area contributed by atoms with Crippen molar-refractivity contribution in [2.45, 2.75) is 46.0 Å². The summed E-state index contributed by atoms with van der Waals surface area (Å²) in [6.07, 6.45) is 5.98. The van der Waals surface area contributed by atoms with E-state index in [0.29, 0.717) is 17.2 Å². The first kappa shape index (κ1) is 10.0. The zero-order chi connectivity index (χ0) is 10.2. The maximum Gasteiger partial charge on any atom is 0.225 e. The Morgan fingerprint density at radius 3 is 2.21 bits per heavy atom. The van der Waals surface area contributed by atoms with Crippen molar-refractivity contribution in [2.75, 3.05) is 13.1 Å². The van der Waals surface area contributed by atoms with E-state index in [0.717, 1.165) is 25.9 Å². The highest BCUT2D eigenvalue weighted by Gasteiger charge is 2.44. The van der Waals surface area contributed by atoms with Gasteiger partial charge in [-0.25, -0.2) is 0 Å². The molecule has 1 aliphatic carbocycles. The number of hydrogen-bond donors (Lipinski definition) is 0. The molecular formula is C12H21NO. The summed E-state index contributed by atoms with van der Waals surface area (Å²) in [4.78, 5) is 13.9. The van der Waals surface area contributed by atoms with Crippen molar-refractivity contribution in [3.63, 3.8) is 0 Å². The van der Waals surface area contributed by atoms with E-state index in [2.05, 4.69) is 18.7 Å². The third-order valence-corrected chi connectivity index (χ3v) is 4.32. The molecule has 0 atom stereocenters. The number of carbonyl (C=O) groups is 1. The number of hydrogen-bond acceptors (Lipinski definition) is 1. The predicted octanol–water partition coefficient (Wildman–Crippen LogP) is 2.44. The second-order valence-corrected chi connectivity index (χ2v) is 5.03. The monoisotopic (exact) mass is 195 g/mol. The van der Waals surface area contributed by atoms with E-state index in [1.807, 2.05) is 0 Å². The molecule has 2 heteroatoms. The van der Waals surface area contributed by atoms with Crippen LogP contribution in [-0.4, -0.2) is 23.9 Å². The molecule has 0 aromatic rings. The van der Waals surface area contributed by atoms with Crippen LogP contribution in [0.4, 0.5) is 0 Å². The Morgan fingerprint density at radius 1 is 1.29 bits per heavy atom. The molecule has 2 fully saturated rings. The SMILES string of the molecule is CCC1(CC)CN(C(=O)C2CCC2)C1. The third-order valence-electron chi connectivity index (χ3n) is 4.32. The molecule has 14 heavy (non-hydrogen) atoms. The zero-order valence-corrected chi connectivity index (χ0v) is 9.38. The number of likely N-dealkylation sites (tertiary alicyclic amines) is 1. The Labute approximate surface area is 86.7 Å². The molecule has 0 spiro atoms. The zero-order valence-electron chi connectivity index (χ0n) is 9.38. The van der Waals surface area contributed by atoms with Gasteiger partial charge in [0, 0.05) is 24.4 Å². The Hall–Kier alpha value is -0.530. The van der Waals surface area contributed by atoms with Crippen LogP contribution in [-0.2, 0) is 4.79 Å². The van der Waals surface area contributed by atoms with E-state index in [1.54, 1.807) is 0 Å². The van der Waals surface area contributed by atoms with Crippen molar-refractivity contribution in [1.29, 1.82) is 0 Å². The molecule has 80 valence electrons. The average Bonchev–Trinajstić information content (AvgIpc) is 2.01. The summed E-state index contributed by atoms with van der Waals surface area (Å²) >= 11 is 0. The molecule has 1 amide bonds. The third kappa shape index (κ3) is 1.45. The largest absolute Gasteiger partial charge is 0.341 e. The lowest BCUT2D eigenvalue weighted by molar-refractivity contribution is -0.151. The van der Waals surface area contributed by atoms with Gasteiger partial charge in [0.15, 0.2) is 0 Å². The van der Waals surface area contributed by atoms with Gasteiger partial charge in [0.05, 0.1) is 0 Å². The minimum absolute atomic E-state index is 0.390. The summed E-state index contributed by atoms with van der Waals surface area (Å²) in [5.74, 6) is 0.829. The van der Waals surface area contributed by atoms with Crippen molar-refractivity contribution in [3.05, 3.63) is 0 Å². The van der Waals surface area contributed by atoms with Gasteiger partial charge in [0.2, 0.25) is 5.91 Å². The van der Waals surface area contributed by atoms with E-state index in [9.17, 15) is 4.79 Å². The van der Waals surface area contributed by atoms with E-state index in [-0.39, 0.29) is 0 Å². The first-order valence-electron chi connectivity index (χ1n) is 5.99. The minimum atomic E-state index is 0.390. The fraction of sp³-hybridized carbons (Fsp3) is 0.917. The van der Waals surface area contributed by atoms with Crippen molar-refractivity contribution in [2.24, 2.45) is 11.3 Å². The Morgan fingerprint density at radius 2 is 1.86 bits per heavy atom. The van der Waals surface area contributed by atoms with Gasteiger partial charge in [-0.15, -0.1) is 0 Å². The van der Waals surface area contributed by atoms with E-state index in [1.165, 1.54) is 19.3 Å². The second kappa shape index (κ2) is 3.56. The molecule has 1 saturated heterocycles. The van der Waals surface area contributed by atoms with Crippen LogP contribution in [0.2, 0.25) is 0 Å². The number of amides is 1. The molecule has 1 aliphatic heterocycles. The average molecular weight is 195 g/mol. The standard InChI is InChI=1S/C12H21NO/c1-3-12(4-2)8-13(9-12)11(14)10-6-5-7-10/h10H,3-9H2,1-2H3. The Kier molecular flexibility index (Phi) is 2.54. The molecule has 0 N–H and O–H groups in total. The topological polar surface area (TPSA) is 20.3 Å². The molecule has 0 bridgehead atoms. The molecular weight excluding hydrogens is 174 g/mol. The first-order valence-corrected chi connectivity index (χ1v) is 5.99. The number of nitrogens with zero attached hydrogens (tertiary/aromatic N) is 1. The lowest BCUT2D eigenvalue weighted by Crippen LogP contribution is -2.59. The first-order chi connectivity index (χ1) is 6.71. The van der Waals surface area contributed by atoms with Crippen molar-refractivity contribution in [1.82, 2.24) is 4.90 Å². The summed E-state index contributed by atoms with van der Waals surface area (Å²) in [6, 6.07) is 0. The Bertz CT molecular complexity index is 220. The van der Waals surface area contributed by atoms with Gasteiger partial charge < -0.3 is 4.90 Å². The van der Waals surface area contributed by atoms with Crippen LogP contribution in [0.25, 0.3) is 0 Å². The molecule has 2 nitrogen and oxygen atoms in total. The fourth-order valence-corrected chi connectivity index (χ4v) is 2.53. The molecule has 2 aliphatic rings. The van der Waals surface area contributed by atoms with E-state index in [4.69, 9.17) is 0 Å². The van der Waals surface area contributed by atoms with Gasteiger partial charge in [-0.05, 0) is 25.7 Å². The highest BCUT2D eigenvalue weighted by molar-refractivity contribution is 5.80.